The van der Waals surface area contributed by atoms with Gasteiger partial charge in [0.2, 0.25) is 22.9 Å². The normalized spacial score (nSPS) is 11.3. The Bertz CT molecular complexity index is 982. The number of benzene rings is 1. The Balaban J connectivity index is 1.75. The summed E-state index contributed by atoms with van der Waals surface area (Å²) in [7, 11) is 0. The molecule has 176 valence electrons. The second kappa shape index (κ2) is 13.5. The largest absolute Gasteiger partial charge is 0.345 e. The summed E-state index contributed by atoms with van der Waals surface area (Å²) < 4.78 is 0.752. The van der Waals surface area contributed by atoms with Crippen LogP contribution in [0.25, 0.3) is 0 Å². The molecule has 2 rings (SSSR count). The van der Waals surface area contributed by atoms with Crippen molar-refractivity contribution < 1.29 is 14.4 Å². The van der Waals surface area contributed by atoms with Crippen LogP contribution < -0.4 is 10.6 Å². The first kappa shape index (κ1) is 26.3. The number of nitrogens with zero attached hydrogens (tertiary/aromatic N) is 3. The third-order valence-corrected chi connectivity index (χ3v) is 6.62. The molecule has 1 aromatic heterocycles. The minimum absolute atomic E-state index is 0.0267. The van der Waals surface area contributed by atoms with Crippen LogP contribution in [0.3, 0.4) is 0 Å². The molecule has 0 saturated carbocycles. The molecule has 0 fully saturated rings. The van der Waals surface area contributed by atoms with Crippen LogP contribution >= 0.6 is 23.1 Å². The molecule has 8 nitrogen and oxygen atoms in total. The van der Waals surface area contributed by atoms with E-state index in [0.717, 1.165) is 10.1 Å². The van der Waals surface area contributed by atoms with Crippen LogP contribution in [0.4, 0.5) is 5.13 Å². The van der Waals surface area contributed by atoms with Crippen molar-refractivity contribution in [1.29, 1.82) is 0 Å². The van der Waals surface area contributed by atoms with Crippen molar-refractivity contribution in [2.24, 2.45) is 0 Å². The number of thioether (sulfide) groups is 1. The average Bonchev–Trinajstić information content (AvgIpc) is 3.23. The maximum absolute atomic E-state index is 12.4. The van der Waals surface area contributed by atoms with E-state index in [9.17, 15) is 14.4 Å². The maximum Gasteiger partial charge on any atom is 0.245 e. The van der Waals surface area contributed by atoms with Gasteiger partial charge in [-0.15, -0.1) is 23.4 Å². The zero-order valence-electron chi connectivity index (χ0n) is 18.9. The monoisotopic (exact) mass is 487 g/mol. The van der Waals surface area contributed by atoms with E-state index in [1.54, 1.807) is 30.8 Å². The number of hydrogen-bond acceptors (Lipinski definition) is 7. The van der Waals surface area contributed by atoms with Gasteiger partial charge in [-0.3, -0.25) is 14.4 Å². The topological polar surface area (TPSA) is 104 Å². The lowest BCUT2D eigenvalue weighted by molar-refractivity contribution is -0.135. The van der Waals surface area contributed by atoms with Crippen molar-refractivity contribution in [3.8, 4) is 0 Å². The average molecular weight is 488 g/mol. The van der Waals surface area contributed by atoms with Crippen LogP contribution in [0, 0.1) is 6.92 Å². The molecule has 33 heavy (non-hydrogen) atoms. The number of carbonyl (C=O) groups excluding carboxylic acids is 3. The first-order valence-corrected chi connectivity index (χ1v) is 12.2. The van der Waals surface area contributed by atoms with Crippen LogP contribution in [0.5, 0.6) is 0 Å². The molecule has 0 radical (unpaired) electrons. The van der Waals surface area contributed by atoms with Crippen molar-refractivity contribution in [3.05, 3.63) is 60.7 Å². The standard InChI is InChI=1S/C23H29N5O3S2/c1-5-13-28(14-6-2)21(31)17(4)24-19(29)11-12-20(30)25-22-26-27-23(33-22)32-15-18-10-8-7-9-16(18)3/h5-10,17H,1-2,11-15H2,3-4H3,(H,24,29)(H,25,26,30). The van der Waals surface area contributed by atoms with E-state index in [1.165, 1.54) is 27.4 Å². The third kappa shape index (κ3) is 8.82. The number of carbonyl (C=O) groups is 3. The van der Waals surface area contributed by atoms with Crippen molar-refractivity contribution in [1.82, 2.24) is 20.4 Å². The first-order valence-electron chi connectivity index (χ1n) is 10.4. The van der Waals surface area contributed by atoms with E-state index in [0.29, 0.717) is 18.2 Å². The number of aryl methyl sites for hydroxylation is 1. The smallest absolute Gasteiger partial charge is 0.245 e. The number of nitrogens with one attached hydrogen (secondary N) is 2. The molecular formula is C23H29N5O3S2. The summed E-state index contributed by atoms with van der Waals surface area (Å²) in [5.41, 5.74) is 2.44. The van der Waals surface area contributed by atoms with Crippen molar-refractivity contribution in [3.63, 3.8) is 0 Å². The molecule has 3 amide bonds. The molecule has 0 spiro atoms. The van der Waals surface area contributed by atoms with E-state index in [-0.39, 0.29) is 30.6 Å². The summed E-state index contributed by atoms with van der Waals surface area (Å²) in [6.07, 6.45) is 3.15. The first-order chi connectivity index (χ1) is 15.8. The molecule has 10 heteroatoms. The Morgan fingerprint density at radius 3 is 2.45 bits per heavy atom. The lowest BCUT2D eigenvalue weighted by Gasteiger charge is -2.23. The highest BCUT2D eigenvalue weighted by Crippen LogP contribution is 2.29. The Hall–Kier alpha value is -2.98. The molecule has 0 bridgehead atoms. The van der Waals surface area contributed by atoms with E-state index in [4.69, 9.17) is 0 Å². The van der Waals surface area contributed by atoms with Gasteiger partial charge in [0.15, 0.2) is 4.34 Å². The molecule has 2 aromatic rings. The predicted octanol–water partition coefficient (Wildman–Crippen LogP) is 3.56. The fourth-order valence-corrected chi connectivity index (χ4v) is 4.70. The fraction of sp³-hybridized carbons (Fsp3) is 0.348. The molecule has 0 aliphatic rings. The highest BCUT2D eigenvalue weighted by Gasteiger charge is 2.21. The molecule has 2 N–H and O–H groups in total. The van der Waals surface area contributed by atoms with Gasteiger partial charge >= 0.3 is 0 Å². The fourth-order valence-electron chi connectivity index (χ4n) is 2.85. The highest BCUT2D eigenvalue weighted by atomic mass is 32.2. The second-order valence-corrected chi connectivity index (χ2v) is 9.45. The van der Waals surface area contributed by atoms with Crippen molar-refractivity contribution in [2.45, 2.75) is 42.8 Å². The number of hydrogen-bond donors (Lipinski definition) is 2. The van der Waals surface area contributed by atoms with Crippen LogP contribution in [-0.2, 0) is 20.1 Å². The lowest BCUT2D eigenvalue weighted by atomic mass is 10.1. The maximum atomic E-state index is 12.4. The Labute approximate surface area is 202 Å². The lowest BCUT2D eigenvalue weighted by Crippen LogP contribution is -2.47. The molecule has 1 unspecified atom stereocenters. The van der Waals surface area contributed by atoms with Gasteiger partial charge in [0.25, 0.3) is 0 Å². The van der Waals surface area contributed by atoms with Crippen LogP contribution in [0.15, 0.2) is 53.9 Å². The van der Waals surface area contributed by atoms with Crippen LogP contribution in [0.2, 0.25) is 0 Å². The molecule has 1 atom stereocenters. The van der Waals surface area contributed by atoms with E-state index >= 15 is 0 Å². The summed E-state index contributed by atoms with van der Waals surface area (Å²) in [5.74, 6) is -0.189. The van der Waals surface area contributed by atoms with Gasteiger partial charge in [-0.2, -0.15) is 0 Å². The minimum Gasteiger partial charge on any atom is -0.345 e. The van der Waals surface area contributed by atoms with E-state index < -0.39 is 6.04 Å². The summed E-state index contributed by atoms with van der Waals surface area (Å²) in [4.78, 5) is 38.3. The molecule has 1 aromatic carbocycles. The molecule has 1 heterocycles. The minimum atomic E-state index is -0.712. The van der Waals surface area contributed by atoms with Gasteiger partial charge in [0, 0.05) is 31.7 Å². The second-order valence-electron chi connectivity index (χ2n) is 7.25. The van der Waals surface area contributed by atoms with E-state index in [1.807, 2.05) is 12.1 Å². The zero-order chi connectivity index (χ0) is 24.2. The summed E-state index contributed by atoms with van der Waals surface area (Å²) in [6.45, 7) is 11.6. The number of aromatic nitrogens is 2. The van der Waals surface area contributed by atoms with E-state index in [2.05, 4.69) is 53.0 Å². The number of anilines is 1. The predicted molar refractivity (Wildman–Crippen MR) is 133 cm³/mol. The van der Waals surface area contributed by atoms with Gasteiger partial charge in [-0.25, -0.2) is 0 Å². The summed E-state index contributed by atoms with van der Waals surface area (Å²) in [6, 6.07) is 7.42. The molecule has 0 aliphatic carbocycles. The molecular weight excluding hydrogens is 458 g/mol. The van der Waals surface area contributed by atoms with Gasteiger partial charge < -0.3 is 15.5 Å². The number of amides is 3. The quantitative estimate of drug-likeness (QED) is 0.254. The van der Waals surface area contributed by atoms with Crippen LogP contribution in [0.1, 0.15) is 30.9 Å². The van der Waals surface area contributed by atoms with Gasteiger partial charge in [-0.05, 0) is 25.0 Å². The molecule has 0 aliphatic heterocycles. The van der Waals surface area contributed by atoms with Crippen LogP contribution in [-0.4, -0.2) is 52.0 Å². The van der Waals surface area contributed by atoms with Gasteiger partial charge in [0.05, 0.1) is 0 Å². The SMILES string of the molecule is C=CCN(CC=C)C(=O)C(C)NC(=O)CCC(=O)Nc1nnc(SCc2ccccc2C)s1. The summed E-state index contributed by atoms with van der Waals surface area (Å²) in [5, 5.41) is 13.8. The van der Waals surface area contributed by atoms with Gasteiger partial charge in [0.1, 0.15) is 6.04 Å². The van der Waals surface area contributed by atoms with Gasteiger partial charge in [-0.1, -0.05) is 59.5 Å². The summed E-state index contributed by atoms with van der Waals surface area (Å²) >= 11 is 2.84. The number of rotatable bonds is 13. The Morgan fingerprint density at radius 2 is 1.79 bits per heavy atom. The Kier molecular flexibility index (Phi) is 10.8. The third-order valence-electron chi connectivity index (χ3n) is 4.60. The van der Waals surface area contributed by atoms with Crippen molar-refractivity contribution in [2.75, 3.05) is 18.4 Å². The highest BCUT2D eigenvalue weighted by molar-refractivity contribution is 8.00. The molecule has 0 saturated heterocycles. The Morgan fingerprint density at radius 1 is 1.12 bits per heavy atom. The zero-order valence-corrected chi connectivity index (χ0v) is 20.5. The van der Waals surface area contributed by atoms with Crippen molar-refractivity contribution >= 4 is 46.0 Å².